The lowest BCUT2D eigenvalue weighted by molar-refractivity contribution is -0.143. The first-order chi connectivity index (χ1) is 21.3. The molecular formula is C34H43Cl2F6N3O2. The average molecular weight is 711 g/mol. The van der Waals surface area contributed by atoms with E-state index in [2.05, 4.69) is 48.5 Å². The van der Waals surface area contributed by atoms with Crippen LogP contribution in [-0.4, -0.2) is 85.2 Å². The van der Waals surface area contributed by atoms with Crippen molar-refractivity contribution in [2.24, 2.45) is 0 Å². The first-order valence-corrected chi connectivity index (χ1v) is 15.5. The summed E-state index contributed by atoms with van der Waals surface area (Å²) in [5, 5.41) is 0. The molecule has 2 aliphatic heterocycles. The van der Waals surface area contributed by atoms with Crippen LogP contribution in [0.3, 0.4) is 0 Å². The molecule has 5 nitrogen and oxygen atoms in total. The molecule has 0 bridgehead atoms. The van der Waals surface area contributed by atoms with E-state index in [1.165, 1.54) is 16.0 Å². The lowest BCUT2D eigenvalue weighted by Gasteiger charge is -2.41. The van der Waals surface area contributed by atoms with Crippen LogP contribution in [0.1, 0.15) is 65.4 Å². The molecule has 262 valence electrons. The van der Waals surface area contributed by atoms with Crippen molar-refractivity contribution in [1.29, 1.82) is 0 Å². The maximum atomic E-state index is 13.7. The molecule has 0 aliphatic carbocycles. The molecule has 4 rings (SSSR count). The van der Waals surface area contributed by atoms with Crippen LogP contribution in [0.15, 0.2) is 36.4 Å². The molecule has 47 heavy (non-hydrogen) atoms. The van der Waals surface area contributed by atoms with Gasteiger partial charge in [0.15, 0.2) is 0 Å². The van der Waals surface area contributed by atoms with Crippen LogP contribution >= 0.6 is 24.8 Å². The van der Waals surface area contributed by atoms with Gasteiger partial charge in [0.1, 0.15) is 0 Å². The van der Waals surface area contributed by atoms with E-state index in [9.17, 15) is 31.1 Å². The molecule has 2 saturated heterocycles. The van der Waals surface area contributed by atoms with Gasteiger partial charge in [-0.25, -0.2) is 0 Å². The topological polar surface area (TPSA) is 36.0 Å². The number of piperazine rings is 1. The van der Waals surface area contributed by atoms with Gasteiger partial charge in [-0.3, -0.25) is 14.6 Å². The number of hydrogen-bond acceptors (Lipinski definition) is 4. The van der Waals surface area contributed by atoms with E-state index in [-0.39, 0.29) is 37.4 Å². The van der Waals surface area contributed by atoms with Gasteiger partial charge in [-0.1, -0.05) is 50.8 Å². The normalized spacial score (nSPS) is 19.3. The molecule has 2 fully saturated rings. The first-order valence-electron chi connectivity index (χ1n) is 15.5. The van der Waals surface area contributed by atoms with Crippen LogP contribution in [0.5, 0.6) is 0 Å². The molecule has 0 unspecified atom stereocenters. The third-order valence-electron chi connectivity index (χ3n) is 8.70. The number of hydrogen-bond donors (Lipinski definition) is 0. The minimum atomic E-state index is -5.04. The number of ether oxygens (including phenoxy) is 1. The van der Waals surface area contributed by atoms with Crippen LogP contribution in [0.4, 0.5) is 26.3 Å². The summed E-state index contributed by atoms with van der Waals surface area (Å²) < 4.78 is 87.0. The van der Waals surface area contributed by atoms with E-state index in [4.69, 9.17) is 4.74 Å². The van der Waals surface area contributed by atoms with E-state index in [1.54, 1.807) is 0 Å². The quantitative estimate of drug-likeness (QED) is 0.215. The van der Waals surface area contributed by atoms with Crippen molar-refractivity contribution in [2.45, 2.75) is 70.9 Å². The number of morpholine rings is 1. The van der Waals surface area contributed by atoms with Crippen molar-refractivity contribution in [3.05, 3.63) is 69.8 Å². The molecule has 0 aromatic heterocycles. The fourth-order valence-electron chi connectivity index (χ4n) is 6.10. The van der Waals surface area contributed by atoms with Crippen molar-refractivity contribution in [3.8, 4) is 11.8 Å². The Morgan fingerprint density at radius 2 is 1.47 bits per heavy atom. The van der Waals surface area contributed by atoms with E-state index in [0.29, 0.717) is 64.0 Å². The Kier molecular flexibility index (Phi) is 15.4. The number of alkyl halides is 6. The zero-order chi connectivity index (χ0) is 32.8. The maximum Gasteiger partial charge on any atom is 0.416 e. The summed E-state index contributed by atoms with van der Waals surface area (Å²) in [7, 11) is 0. The average Bonchev–Trinajstić information content (AvgIpc) is 3.02. The summed E-state index contributed by atoms with van der Waals surface area (Å²) in [5.41, 5.74) is -0.282. The first kappa shape index (κ1) is 40.7. The van der Waals surface area contributed by atoms with Gasteiger partial charge in [-0.05, 0) is 60.6 Å². The van der Waals surface area contributed by atoms with Crippen LogP contribution in [0.25, 0.3) is 0 Å². The highest BCUT2D eigenvalue weighted by Gasteiger charge is 2.39. The van der Waals surface area contributed by atoms with Crippen LogP contribution in [0.2, 0.25) is 0 Å². The number of benzene rings is 2. The van der Waals surface area contributed by atoms with Gasteiger partial charge in [-0.2, -0.15) is 26.3 Å². The van der Waals surface area contributed by atoms with Gasteiger partial charge in [0.2, 0.25) is 0 Å². The Balaban J connectivity index is 0.00000384. The van der Waals surface area contributed by atoms with Gasteiger partial charge in [-0.15, -0.1) is 24.8 Å². The highest BCUT2D eigenvalue weighted by Crippen LogP contribution is 2.37. The van der Waals surface area contributed by atoms with Gasteiger partial charge in [0, 0.05) is 43.8 Å². The minimum absolute atomic E-state index is 0. The second-order valence-corrected chi connectivity index (χ2v) is 11.7. The molecule has 0 N–H and O–H groups in total. The lowest BCUT2D eigenvalue weighted by atomic mass is 9.95. The fourth-order valence-corrected chi connectivity index (χ4v) is 6.10. The highest BCUT2D eigenvalue weighted by atomic mass is 35.5. The summed E-state index contributed by atoms with van der Waals surface area (Å²) >= 11 is 0. The summed E-state index contributed by atoms with van der Waals surface area (Å²) in [6.07, 6.45) is -7.02. The number of rotatable bonds is 8. The van der Waals surface area contributed by atoms with E-state index in [1.807, 2.05) is 12.1 Å². The van der Waals surface area contributed by atoms with Crippen LogP contribution in [0, 0.1) is 11.8 Å². The van der Waals surface area contributed by atoms with Gasteiger partial charge < -0.3 is 9.64 Å². The number of carbonyl (C=O) groups is 1. The third kappa shape index (κ3) is 10.8. The molecule has 2 heterocycles. The monoisotopic (exact) mass is 709 g/mol. The molecule has 0 saturated carbocycles. The van der Waals surface area contributed by atoms with E-state index < -0.39 is 41.0 Å². The fraction of sp³-hybridized carbons (Fsp3) is 0.559. The predicted octanol–water partition coefficient (Wildman–Crippen LogP) is 7.18. The summed E-state index contributed by atoms with van der Waals surface area (Å²) in [6.45, 7) is 10.4. The minimum Gasteiger partial charge on any atom is -0.378 e. The van der Waals surface area contributed by atoms with Crippen molar-refractivity contribution in [3.63, 3.8) is 0 Å². The molecule has 0 radical (unpaired) electrons. The summed E-state index contributed by atoms with van der Waals surface area (Å²) in [4.78, 5) is 19.5. The second kappa shape index (κ2) is 17.8. The van der Waals surface area contributed by atoms with Gasteiger partial charge in [0.25, 0.3) is 5.91 Å². The lowest BCUT2D eigenvalue weighted by Crippen LogP contribution is -2.56. The number of amides is 1. The number of carbonyl (C=O) groups excluding carboxylic acids is 1. The Labute approximate surface area is 285 Å². The molecule has 2 aromatic carbocycles. The number of aryl methyl sites for hydroxylation is 2. The largest absolute Gasteiger partial charge is 0.416 e. The molecule has 1 amide bonds. The number of halogens is 8. The zero-order valence-corrected chi connectivity index (χ0v) is 28.5. The number of nitrogens with zero attached hydrogens (tertiary/aromatic N) is 3. The van der Waals surface area contributed by atoms with Crippen molar-refractivity contribution in [2.75, 3.05) is 52.5 Å². The van der Waals surface area contributed by atoms with Crippen molar-refractivity contribution < 1.29 is 35.9 Å². The third-order valence-corrected chi connectivity index (χ3v) is 8.70. The molecule has 2 aromatic rings. The van der Waals surface area contributed by atoms with E-state index >= 15 is 0 Å². The Morgan fingerprint density at radius 3 is 2.06 bits per heavy atom. The Bertz CT molecular complexity index is 1360. The summed E-state index contributed by atoms with van der Waals surface area (Å²) in [6, 6.07) is 7.05. The smallest absolute Gasteiger partial charge is 0.378 e. The summed E-state index contributed by atoms with van der Waals surface area (Å²) in [5.74, 6) is 5.63. The van der Waals surface area contributed by atoms with Gasteiger partial charge in [0.05, 0.1) is 37.4 Å². The molecule has 2 aliphatic rings. The maximum absolute atomic E-state index is 13.7. The van der Waals surface area contributed by atoms with Gasteiger partial charge >= 0.3 is 12.4 Å². The van der Waals surface area contributed by atoms with Crippen molar-refractivity contribution in [1.82, 2.24) is 14.7 Å². The van der Waals surface area contributed by atoms with Crippen molar-refractivity contribution >= 4 is 30.7 Å². The van der Waals surface area contributed by atoms with E-state index in [0.717, 1.165) is 31.4 Å². The molecular weight excluding hydrogens is 667 g/mol. The Hall–Kier alpha value is -2.49. The molecule has 0 spiro atoms. The van der Waals surface area contributed by atoms with Crippen LogP contribution in [-0.2, 0) is 36.4 Å². The molecule has 13 heteroatoms. The highest BCUT2D eigenvalue weighted by molar-refractivity contribution is 5.95. The SMILES string of the molecule is CCc1ccc(C[C@@H]2CN(CC#CCN3CCOC[C@H]3CC)CCN2C(=O)c2cc(C(F)(F)F)cc(C(F)(F)F)c2)cc1CC.Cl.Cl. The zero-order valence-electron chi connectivity index (χ0n) is 26.8. The molecule has 2 atom stereocenters. The Morgan fingerprint density at radius 1 is 0.830 bits per heavy atom. The second-order valence-electron chi connectivity index (χ2n) is 11.7. The standard InChI is InChI=1S/C34H41F6N3O2.2ClH/c1-4-25-10-9-24(17-26(25)5-2)18-31-22-41(11-7-8-12-42-15-16-45-23-30(42)6-3)13-14-43(31)32(44)27-19-28(33(35,36)37)21-29(20-27)34(38,39)40;;/h9-10,17,19-21,30-31H,4-6,11-16,18,22-23H2,1-3H3;2*1H/t30-,31-;;/m1../s1. The van der Waals surface area contributed by atoms with Crippen LogP contribution < -0.4 is 0 Å². The predicted molar refractivity (Wildman–Crippen MR) is 175 cm³/mol.